The Kier molecular flexibility index (Phi) is 6.27. The molecule has 0 saturated carbocycles. The van der Waals surface area contributed by atoms with Gasteiger partial charge in [-0.1, -0.05) is 12.1 Å². The number of ether oxygens (including phenoxy) is 2. The predicted octanol–water partition coefficient (Wildman–Crippen LogP) is 4.90. The molecule has 5 aliphatic heterocycles. The van der Waals surface area contributed by atoms with Gasteiger partial charge in [-0.25, -0.2) is 8.78 Å². The Morgan fingerprint density at radius 3 is 2.74 bits per heavy atom. The summed E-state index contributed by atoms with van der Waals surface area (Å²) >= 11 is 0. The molecule has 2 N–H and O–H groups in total. The van der Waals surface area contributed by atoms with Crippen LogP contribution in [0.25, 0.3) is 33.0 Å². The second-order valence-corrected chi connectivity index (χ2v) is 13.7. The number of nitrogens with zero attached hydrogens (tertiary/aromatic N) is 6. The highest BCUT2D eigenvalue weighted by Crippen LogP contribution is 2.48. The number of nitrogens with two attached hydrogens (primary N) is 1. The fraction of sp³-hybridized carbons (Fsp3) is 0.500. The molecule has 2 aromatic heterocycles. The lowest BCUT2D eigenvalue weighted by Crippen LogP contribution is -2.53. The minimum atomic E-state index is -0.890. The van der Waals surface area contributed by atoms with Crippen LogP contribution in [0.2, 0.25) is 0 Å². The van der Waals surface area contributed by atoms with Gasteiger partial charge in [-0.3, -0.25) is 4.90 Å². The van der Waals surface area contributed by atoms with E-state index in [0.29, 0.717) is 51.8 Å². The third-order valence-corrected chi connectivity index (χ3v) is 11.0. The third kappa shape index (κ3) is 4.01. The zero-order valence-corrected chi connectivity index (χ0v) is 25.7. The molecule has 4 saturated heterocycles. The van der Waals surface area contributed by atoms with E-state index in [2.05, 4.69) is 27.8 Å². The highest BCUT2D eigenvalue weighted by atomic mass is 19.1. The van der Waals surface area contributed by atoms with Crippen LogP contribution in [0.15, 0.2) is 22.6 Å². The number of anilines is 2. The number of halogens is 2. The maximum absolute atomic E-state index is 17.4. The number of hydrogen-bond acceptors (Lipinski definition) is 10. The maximum atomic E-state index is 17.4. The average Bonchev–Trinajstić information content (AvgIpc) is 3.83. The van der Waals surface area contributed by atoms with Crippen LogP contribution in [-0.4, -0.2) is 83.4 Å². The summed E-state index contributed by atoms with van der Waals surface area (Å²) in [5, 5.41) is 11.1. The van der Waals surface area contributed by atoms with Crippen molar-refractivity contribution in [2.45, 2.75) is 69.1 Å². The number of piperazine rings is 1. The van der Waals surface area contributed by atoms with Crippen molar-refractivity contribution in [2.75, 3.05) is 50.5 Å². The Balaban J connectivity index is 1.26. The Bertz CT molecular complexity index is 1950. The van der Waals surface area contributed by atoms with Crippen LogP contribution in [0.4, 0.5) is 20.5 Å². The molecule has 4 fully saturated rings. The molecule has 2 unspecified atom stereocenters. The molecule has 9 rings (SSSR count). The number of fused-ring (bicyclic) bond motifs is 7. The fourth-order valence-electron chi connectivity index (χ4n) is 9.12. The monoisotopic (exact) mass is 627 g/mol. The van der Waals surface area contributed by atoms with E-state index in [4.69, 9.17) is 29.6 Å². The van der Waals surface area contributed by atoms with Crippen LogP contribution in [0.5, 0.6) is 6.01 Å². The number of hydrogen-bond donors (Lipinski definition) is 1. The van der Waals surface area contributed by atoms with Crippen LogP contribution < -0.4 is 15.4 Å². The number of nitrogen functional groups attached to an aromatic ring is 1. The Hall–Kier alpha value is -4.05. The molecule has 2 bridgehead atoms. The Morgan fingerprint density at radius 1 is 1.13 bits per heavy atom. The summed E-state index contributed by atoms with van der Waals surface area (Å²) in [6.07, 6.45) is 3.40. The lowest BCUT2D eigenvalue weighted by molar-refractivity contribution is 0.107. The van der Waals surface area contributed by atoms with Crippen molar-refractivity contribution in [1.29, 1.82) is 5.26 Å². The molecule has 4 atom stereocenters. The molecule has 5 aliphatic rings. The van der Waals surface area contributed by atoms with E-state index < -0.39 is 17.5 Å². The number of aromatic nitrogens is 2. The number of rotatable bonds is 5. The fourth-order valence-corrected chi connectivity index (χ4v) is 9.12. The van der Waals surface area contributed by atoms with Gasteiger partial charge in [0.2, 0.25) is 5.88 Å². The van der Waals surface area contributed by atoms with Crippen LogP contribution in [0.1, 0.15) is 48.8 Å². The summed E-state index contributed by atoms with van der Waals surface area (Å²) in [6.45, 7) is 3.76. The molecule has 12 heteroatoms. The molecule has 238 valence electrons. The van der Waals surface area contributed by atoms with E-state index in [0.717, 1.165) is 50.9 Å². The molecular weight excluding hydrogens is 592 g/mol. The van der Waals surface area contributed by atoms with E-state index in [1.807, 2.05) is 0 Å². The first-order valence-electron chi connectivity index (χ1n) is 16.2. The van der Waals surface area contributed by atoms with Gasteiger partial charge < -0.3 is 29.4 Å². The number of alkyl halides is 1. The number of furan rings is 1. The van der Waals surface area contributed by atoms with E-state index in [-0.39, 0.29) is 54.9 Å². The molecule has 46 heavy (non-hydrogen) atoms. The average molecular weight is 628 g/mol. The van der Waals surface area contributed by atoms with Crippen LogP contribution in [0.3, 0.4) is 0 Å². The van der Waals surface area contributed by atoms with Gasteiger partial charge in [-0.05, 0) is 62.0 Å². The Morgan fingerprint density at radius 2 is 1.93 bits per heavy atom. The first-order valence-corrected chi connectivity index (χ1v) is 16.2. The predicted molar refractivity (Wildman–Crippen MR) is 168 cm³/mol. The number of benzene rings is 2. The summed E-state index contributed by atoms with van der Waals surface area (Å²) in [7, 11) is 2.14. The first-order chi connectivity index (χ1) is 22.3. The van der Waals surface area contributed by atoms with Crippen molar-refractivity contribution in [3.05, 3.63) is 40.7 Å². The number of likely N-dealkylation sites (tertiary alicyclic amines) is 1. The first kappa shape index (κ1) is 28.2. The normalized spacial score (nSPS) is 27.5. The van der Waals surface area contributed by atoms with Gasteiger partial charge >= 0.3 is 6.01 Å². The second kappa shape index (κ2) is 10.2. The summed E-state index contributed by atoms with van der Waals surface area (Å²) in [4.78, 5) is 16.7. The smallest absolute Gasteiger partial charge is 0.319 e. The van der Waals surface area contributed by atoms with Crippen LogP contribution in [-0.2, 0) is 18.0 Å². The van der Waals surface area contributed by atoms with E-state index >= 15 is 4.39 Å². The molecule has 2 aromatic carbocycles. The van der Waals surface area contributed by atoms with Gasteiger partial charge in [0.15, 0.2) is 5.82 Å². The SMILES string of the molecule is CN1CC2CCC(C1)N2c1nc(OC[C@@]23CCCN2C[C@H](F)C3)nc2c(F)c(-c3cccc4oc(N)c(C#N)c34)c3c(c12)COC3. The zero-order chi connectivity index (χ0) is 31.3. The molecule has 0 aliphatic carbocycles. The second-order valence-electron chi connectivity index (χ2n) is 13.7. The standard InChI is InChI=1S/C34H35F2N7O3/c1-41-13-19-6-7-20(14-41)43(19)32-28-24-16-44-15-23(24)27(21-4-2-5-25-26(21)22(11-37)31(38)46-25)29(36)30(28)39-33(40-32)45-17-34-8-3-9-42(34)12-18(35)10-34/h2,4-5,18-20H,3,6-10,12-17,38H2,1H3/t18-,19?,20?,34+/m1/s1. The minimum Gasteiger partial charge on any atom is -0.461 e. The number of likely N-dealkylation sites (N-methyl/N-ethyl adjacent to an activating group) is 1. The van der Waals surface area contributed by atoms with Gasteiger partial charge in [0.1, 0.15) is 41.3 Å². The van der Waals surface area contributed by atoms with Gasteiger partial charge in [0, 0.05) is 49.1 Å². The lowest BCUT2D eigenvalue weighted by Gasteiger charge is -2.41. The molecule has 7 heterocycles. The van der Waals surface area contributed by atoms with Crippen molar-refractivity contribution in [2.24, 2.45) is 0 Å². The Labute approximate surface area is 264 Å². The van der Waals surface area contributed by atoms with E-state index in [9.17, 15) is 9.65 Å². The molecule has 4 aromatic rings. The molecule has 10 nitrogen and oxygen atoms in total. The van der Waals surface area contributed by atoms with Crippen molar-refractivity contribution >= 4 is 33.6 Å². The van der Waals surface area contributed by atoms with Crippen molar-refractivity contribution in [3.8, 4) is 23.2 Å². The van der Waals surface area contributed by atoms with Crippen LogP contribution >= 0.6 is 0 Å². The molecule has 0 spiro atoms. The highest BCUT2D eigenvalue weighted by Gasteiger charge is 2.49. The van der Waals surface area contributed by atoms with Gasteiger partial charge in [0.05, 0.1) is 24.1 Å². The molecular formula is C34H35F2N7O3. The minimum absolute atomic E-state index is 0.00681. The zero-order valence-electron chi connectivity index (χ0n) is 25.7. The van der Waals surface area contributed by atoms with Gasteiger partial charge in [-0.2, -0.15) is 15.2 Å². The quantitative estimate of drug-likeness (QED) is 0.327. The summed E-state index contributed by atoms with van der Waals surface area (Å²) < 4.78 is 50.0. The van der Waals surface area contributed by atoms with E-state index in [1.54, 1.807) is 18.2 Å². The van der Waals surface area contributed by atoms with Crippen molar-refractivity contribution < 1.29 is 22.7 Å². The van der Waals surface area contributed by atoms with Crippen LogP contribution in [0, 0.1) is 17.1 Å². The third-order valence-electron chi connectivity index (χ3n) is 11.0. The number of nitriles is 1. The van der Waals surface area contributed by atoms with E-state index in [1.165, 1.54) is 0 Å². The molecule has 0 amide bonds. The maximum Gasteiger partial charge on any atom is 0.319 e. The molecule has 0 radical (unpaired) electrons. The topological polar surface area (TPSA) is 117 Å². The largest absolute Gasteiger partial charge is 0.461 e. The van der Waals surface area contributed by atoms with Crippen molar-refractivity contribution in [3.63, 3.8) is 0 Å². The van der Waals surface area contributed by atoms with Gasteiger partial charge in [-0.15, -0.1) is 0 Å². The summed E-state index contributed by atoms with van der Waals surface area (Å²) in [5.74, 6) is 0.134. The van der Waals surface area contributed by atoms with Crippen molar-refractivity contribution in [1.82, 2.24) is 19.8 Å². The van der Waals surface area contributed by atoms with Gasteiger partial charge in [0.25, 0.3) is 0 Å². The lowest BCUT2D eigenvalue weighted by atomic mass is 9.90. The summed E-state index contributed by atoms with van der Waals surface area (Å²) in [5.41, 5.74) is 8.76. The summed E-state index contributed by atoms with van der Waals surface area (Å²) in [6, 6.07) is 7.95. The highest BCUT2D eigenvalue weighted by molar-refractivity contribution is 6.05.